The number of hydrogen-bond donors (Lipinski definition) is 1. The highest BCUT2D eigenvalue weighted by Gasteiger charge is 2.12. The van der Waals surface area contributed by atoms with E-state index >= 15 is 0 Å². The van der Waals surface area contributed by atoms with Crippen LogP contribution in [0.15, 0.2) is 53.3 Å². The number of benzene rings is 2. The molecule has 3 heteroatoms. The van der Waals surface area contributed by atoms with Crippen LogP contribution < -0.4 is 5.56 Å². The van der Waals surface area contributed by atoms with Gasteiger partial charge in [0.15, 0.2) is 0 Å². The van der Waals surface area contributed by atoms with Crippen LogP contribution in [-0.2, 0) is 13.0 Å². The fourth-order valence-electron chi connectivity index (χ4n) is 2.79. The van der Waals surface area contributed by atoms with Gasteiger partial charge >= 0.3 is 0 Å². The first-order chi connectivity index (χ1) is 10.6. The minimum absolute atomic E-state index is 0.0176. The van der Waals surface area contributed by atoms with Crippen molar-refractivity contribution in [2.45, 2.75) is 19.9 Å². The Kier molecular flexibility index (Phi) is 3.72. The van der Waals surface area contributed by atoms with Gasteiger partial charge in [-0.3, -0.25) is 4.79 Å². The molecular weight excluding hydrogens is 274 g/mol. The van der Waals surface area contributed by atoms with Gasteiger partial charge in [-0.05, 0) is 43.5 Å². The molecule has 0 aliphatic rings. The number of nitrogens with zero attached hydrogens (tertiary/aromatic N) is 1. The molecule has 0 fully saturated rings. The maximum atomic E-state index is 12.2. The van der Waals surface area contributed by atoms with Crippen LogP contribution in [0, 0.1) is 6.92 Å². The zero-order chi connectivity index (χ0) is 15.7. The number of hydrogen-bond acceptors (Lipinski definition) is 2. The third-order valence-corrected chi connectivity index (χ3v) is 3.96. The highest BCUT2D eigenvalue weighted by molar-refractivity contribution is 5.87. The second kappa shape index (κ2) is 5.68. The lowest BCUT2D eigenvalue weighted by Crippen LogP contribution is -2.22. The molecule has 1 heterocycles. The molecule has 0 aliphatic carbocycles. The van der Waals surface area contributed by atoms with Crippen molar-refractivity contribution in [3.63, 3.8) is 0 Å². The van der Waals surface area contributed by atoms with E-state index in [2.05, 4.69) is 19.1 Å². The molecule has 0 amide bonds. The molecule has 3 rings (SSSR count). The van der Waals surface area contributed by atoms with Gasteiger partial charge in [0.25, 0.3) is 5.56 Å². The first-order valence-electron chi connectivity index (χ1n) is 7.36. The Morgan fingerprint density at radius 3 is 2.50 bits per heavy atom. The van der Waals surface area contributed by atoms with Gasteiger partial charge in [-0.25, -0.2) is 0 Å². The molecule has 3 nitrogen and oxygen atoms in total. The second-order valence-corrected chi connectivity index (χ2v) is 5.39. The fourth-order valence-corrected chi connectivity index (χ4v) is 2.79. The third kappa shape index (κ3) is 2.39. The summed E-state index contributed by atoms with van der Waals surface area (Å²) in [4.78, 5) is 12.2. The van der Waals surface area contributed by atoms with Crippen molar-refractivity contribution in [2.24, 2.45) is 0 Å². The van der Waals surface area contributed by atoms with Crippen LogP contribution >= 0.6 is 0 Å². The van der Waals surface area contributed by atoms with Crippen LogP contribution in [0.2, 0.25) is 0 Å². The van der Waals surface area contributed by atoms with Crippen LogP contribution in [-0.4, -0.2) is 9.67 Å². The zero-order valence-corrected chi connectivity index (χ0v) is 12.5. The first kappa shape index (κ1) is 14.4. The van der Waals surface area contributed by atoms with E-state index < -0.39 is 0 Å². The van der Waals surface area contributed by atoms with Gasteiger partial charge in [0, 0.05) is 11.9 Å². The summed E-state index contributed by atoms with van der Waals surface area (Å²) in [5.74, 6) is -0.0176. The zero-order valence-electron chi connectivity index (χ0n) is 12.5. The van der Waals surface area contributed by atoms with Gasteiger partial charge in [0.1, 0.15) is 5.75 Å². The van der Waals surface area contributed by atoms with Gasteiger partial charge in [-0.1, -0.05) is 36.4 Å². The second-order valence-electron chi connectivity index (χ2n) is 5.39. The molecule has 111 valence electrons. The van der Waals surface area contributed by atoms with Crippen LogP contribution in [0.5, 0.6) is 5.75 Å². The van der Waals surface area contributed by atoms with Crippen LogP contribution in [0.25, 0.3) is 10.9 Å². The molecule has 2 aromatic carbocycles. The topological polar surface area (TPSA) is 42.2 Å². The van der Waals surface area contributed by atoms with Gasteiger partial charge in [-0.15, -0.1) is 0 Å². The van der Waals surface area contributed by atoms with Crippen molar-refractivity contribution < 1.29 is 5.11 Å². The van der Waals surface area contributed by atoms with E-state index in [0.717, 1.165) is 17.5 Å². The molecule has 1 N–H and O–H groups in total. The van der Waals surface area contributed by atoms with E-state index in [1.165, 1.54) is 5.56 Å². The predicted molar refractivity (Wildman–Crippen MR) is 89.3 cm³/mol. The maximum absolute atomic E-state index is 12.2. The molecule has 0 bridgehead atoms. The lowest BCUT2D eigenvalue weighted by atomic mass is 10.0. The van der Waals surface area contributed by atoms with E-state index in [4.69, 9.17) is 0 Å². The van der Waals surface area contributed by atoms with Gasteiger partial charge in [-0.2, -0.15) is 0 Å². The summed E-state index contributed by atoms with van der Waals surface area (Å²) >= 11 is 0. The van der Waals surface area contributed by atoms with E-state index in [9.17, 15) is 9.90 Å². The Labute approximate surface area is 129 Å². The predicted octanol–water partition coefficient (Wildman–Crippen LogP) is 3.50. The Morgan fingerprint density at radius 1 is 1.09 bits per heavy atom. The molecule has 0 unspecified atom stereocenters. The monoisotopic (exact) mass is 292 g/mol. The summed E-state index contributed by atoms with van der Waals surface area (Å²) in [6, 6.07) is 16.0. The third-order valence-electron chi connectivity index (χ3n) is 3.96. The molecule has 1 radical (unpaired) electrons. The Hall–Kier alpha value is -2.55. The van der Waals surface area contributed by atoms with Crippen molar-refractivity contribution in [3.05, 3.63) is 82.5 Å². The summed E-state index contributed by atoms with van der Waals surface area (Å²) in [7, 11) is 0. The van der Waals surface area contributed by atoms with Crippen molar-refractivity contribution in [1.29, 1.82) is 0 Å². The van der Waals surface area contributed by atoms with Crippen molar-refractivity contribution in [1.82, 2.24) is 4.57 Å². The van der Waals surface area contributed by atoms with Crippen molar-refractivity contribution >= 4 is 10.9 Å². The van der Waals surface area contributed by atoms with Crippen molar-refractivity contribution in [2.75, 3.05) is 0 Å². The number of rotatable bonds is 3. The SMILES string of the molecule is [CH2]c1c(O)c2ccc(Cc3ccccc3)cc2n(CC)c1=O. The molecule has 3 aromatic rings. The first-order valence-corrected chi connectivity index (χ1v) is 7.36. The fraction of sp³-hybridized carbons (Fsp3) is 0.158. The van der Waals surface area contributed by atoms with E-state index in [-0.39, 0.29) is 16.9 Å². The summed E-state index contributed by atoms with van der Waals surface area (Å²) in [5, 5.41) is 10.8. The average molecular weight is 292 g/mol. The molecular formula is C19H18NO2. The van der Waals surface area contributed by atoms with Gasteiger partial charge in [0.2, 0.25) is 0 Å². The molecule has 0 aliphatic heterocycles. The smallest absolute Gasteiger partial charge is 0.257 e. The lowest BCUT2D eigenvalue weighted by Gasteiger charge is -2.13. The largest absolute Gasteiger partial charge is 0.507 e. The van der Waals surface area contributed by atoms with E-state index in [1.54, 1.807) is 4.57 Å². The molecule has 0 atom stereocenters. The molecule has 1 aromatic heterocycles. The van der Waals surface area contributed by atoms with Crippen LogP contribution in [0.1, 0.15) is 23.6 Å². The van der Waals surface area contributed by atoms with Crippen LogP contribution in [0.3, 0.4) is 0 Å². The Bertz CT molecular complexity index is 879. The summed E-state index contributed by atoms with van der Waals surface area (Å²) in [6.07, 6.45) is 0.793. The average Bonchev–Trinajstić information content (AvgIpc) is 2.54. The normalized spacial score (nSPS) is 11.0. The van der Waals surface area contributed by atoms with Crippen molar-refractivity contribution in [3.8, 4) is 5.75 Å². The van der Waals surface area contributed by atoms with Crippen LogP contribution in [0.4, 0.5) is 0 Å². The minimum atomic E-state index is -0.232. The van der Waals surface area contributed by atoms with E-state index in [0.29, 0.717) is 11.9 Å². The number of aryl methyl sites for hydroxylation is 1. The summed E-state index contributed by atoms with van der Waals surface area (Å²) < 4.78 is 1.66. The van der Waals surface area contributed by atoms with E-state index in [1.807, 2.05) is 43.3 Å². The standard InChI is InChI=1S/C19H18NO2/c1-3-20-17-12-15(11-14-7-5-4-6-8-14)9-10-16(17)18(21)13(2)19(20)22/h4-10,12,21H,2-3,11H2,1H3. The minimum Gasteiger partial charge on any atom is -0.507 e. The molecule has 0 spiro atoms. The molecule has 0 saturated heterocycles. The van der Waals surface area contributed by atoms with Gasteiger partial charge in [0.05, 0.1) is 11.1 Å². The summed E-state index contributed by atoms with van der Waals surface area (Å²) in [5.41, 5.74) is 3.00. The molecule has 22 heavy (non-hydrogen) atoms. The number of aromatic hydroxyl groups is 1. The highest BCUT2D eigenvalue weighted by atomic mass is 16.3. The Balaban J connectivity index is 2.17. The lowest BCUT2D eigenvalue weighted by molar-refractivity contribution is 0.476. The number of fused-ring (bicyclic) bond motifs is 1. The van der Waals surface area contributed by atoms with Gasteiger partial charge < -0.3 is 9.67 Å². The molecule has 0 saturated carbocycles. The maximum Gasteiger partial charge on any atom is 0.257 e. The number of pyridine rings is 1. The Morgan fingerprint density at radius 2 is 1.82 bits per heavy atom. The number of aromatic nitrogens is 1. The highest BCUT2D eigenvalue weighted by Crippen LogP contribution is 2.27. The summed E-state index contributed by atoms with van der Waals surface area (Å²) in [6.45, 7) is 6.15. The quantitative estimate of drug-likeness (QED) is 0.803.